The number of anilines is 1. The molecule has 0 spiro atoms. The fourth-order valence-electron chi connectivity index (χ4n) is 3.04. The summed E-state index contributed by atoms with van der Waals surface area (Å²) in [4.78, 5) is 21.2. The number of methoxy groups -OCH3 is 1. The van der Waals surface area contributed by atoms with E-state index in [0.717, 1.165) is 21.1 Å². The second-order valence-corrected chi connectivity index (χ2v) is 7.13. The van der Waals surface area contributed by atoms with Crippen molar-refractivity contribution in [3.63, 3.8) is 0 Å². The van der Waals surface area contributed by atoms with Crippen LogP contribution in [0.4, 0.5) is 9.52 Å². The van der Waals surface area contributed by atoms with Crippen LogP contribution < -0.4 is 9.64 Å². The third-order valence-electron chi connectivity index (χ3n) is 4.51. The number of aromatic nitrogens is 1. The molecule has 0 unspecified atom stereocenters. The van der Waals surface area contributed by atoms with Crippen LogP contribution in [0.5, 0.6) is 5.75 Å². The Hall–Kier alpha value is -2.67. The van der Waals surface area contributed by atoms with Crippen LogP contribution in [0.1, 0.15) is 10.4 Å². The number of hydrogen-bond acceptors (Lipinski definition) is 5. The molecule has 3 aromatic rings. The Morgan fingerprint density at radius 3 is 2.54 bits per heavy atom. The van der Waals surface area contributed by atoms with Crippen LogP contribution in [0, 0.1) is 5.82 Å². The number of rotatable bonds is 3. The summed E-state index contributed by atoms with van der Waals surface area (Å²) in [6.45, 7) is 2.69. The minimum atomic E-state index is -0.248. The van der Waals surface area contributed by atoms with E-state index in [2.05, 4.69) is 9.88 Å². The fraction of sp³-hybridized carbons (Fsp3) is 0.263. The van der Waals surface area contributed by atoms with Crippen LogP contribution >= 0.6 is 11.3 Å². The molecule has 1 amide bonds. The third kappa shape index (κ3) is 3.22. The van der Waals surface area contributed by atoms with Gasteiger partial charge in [-0.25, -0.2) is 9.37 Å². The van der Waals surface area contributed by atoms with Crippen molar-refractivity contribution in [2.75, 3.05) is 38.2 Å². The predicted molar refractivity (Wildman–Crippen MR) is 101 cm³/mol. The van der Waals surface area contributed by atoms with Crippen LogP contribution in [0.3, 0.4) is 0 Å². The van der Waals surface area contributed by atoms with Gasteiger partial charge in [0.15, 0.2) is 5.13 Å². The molecule has 7 heteroatoms. The molecule has 2 heterocycles. The van der Waals surface area contributed by atoms with E-state index in [1.807, 2.05) is 4.90 Å². The summed E-state index contributed by atoms with van der Waals surface area (Å²) < 4.78 is 19.3. The van der Waals surface area contributed by atoms with Crippen LogP contribution in [0.25, 0.3) is 10.2 Å². The van der Waals surface area contributed by atoms with Gasteiger partial charge in [0.25, 0.3) is 5.91 Å². The van der Waals surface area contributed by atoms with E-state index >= 15 is 0 Å². The highest BCUT2D eigenvalue weighted by Gasteiger charge is 2.24. The van der Waals surface area contributed by atoms with Crippen LogP contribution in [0.15, 0.2) is 42.5 Å². The van der Waals surface area contributed by atoms with Crippen molar-refractivity contribution in [3.05, 3.63) is 53.8 Å². The molecule has 0 N–H and O–H groups in total. The first-order valence-corrected chi connectivity index (χ1v) is 9.20. The van der Waals surface area contributed by atoms with Gasteiger partial charge in [0.1, 0.15) is 11.6 Å². The molecule has 5 nitrogen and oxygen atoms in total. The zero-order valence-corrected chi connectivity index (χ0v) is 15.1. The predicted octanol–water partition coefficient (Wildman–Crippen LogP) is 3.41. The Kier molecular flexibility index (Phi) is 4.46. The summed E-state index contributed by atoms with van der Waals surface area (Å²) in [5.41, 5.74) is 1.47. The quantitative estimate of drug-likeness (QED) is 0.708. The normalized spacial score (nSPS) is 14.7. The number of piperazine rings is 1. The molecular weight excluding hydrogens is 353 g/mol. The van der Waals surface area contributed by atoms with Crippen molar-refractivity contribution in [2.45, 2.75) is 0 Å². The lowest BCUT2D eigenvalue weighted by atomic mass is 10.1. The third-order valence-corrected chi connectivity index (χ3v) is 5.59. The summed E-state index contributed by atoms with van der Waals surface area (Å²) in [6, 6.07) is 11.8. The van der Waals surface area contributed by atoms with Crippen molar-refractivity contribution in [2.24, 2.45) is 0 Å². The van der Waals surface area contributed by atoms with Gasteiger partial charge in [0.2, 0.25) is 0 Å². The SMILES string of the molecule is COc1ccc(C(=O)N2CCN(c3nc4ccc(F)cc4s3)CC2)cc1. The number of benzene rings is 2. The van der Waals surface area contributed by atoms with Crippen molar-refractivity contribution in [3.8, 4) is 5.75 Å². The highest BCUT2D eigenvalue weighted by molar-refractivity contribution is 7.22. The Morgan fingerprint density at radius 1 is 1.12 bits per heavy atom. The number of thiazole rings is 1. The topological polar surface area (TPSA) is 45.7 Å². The van der Waals surface area contributed by atoms with E-state index < -0.39 is 0 Å². The molecule has 26 heavy (non-hydrogen) atoms. The maximum atomic E-state index is 13.4. The summed E-state index contributed by atoms with van der Waals surface area (Å²) in [5, 5.41) is 0.877. The molecule has 1 aromatic heterocycles. The lowest BCUT2D eigenvalue weighted by Gasteiger charge is -2.34. The molecule has 1 fully saturated rings. The standard InChI is InChI=1S/C19H18FN3O2S/c1-25-15-5-2-13(3-6-15)18(24)22-8-10-23(11-9-22)19-21-16-7-4-14(20)12-17(16)26-19/h2-7,12H,8-11H2,1H3. The zero-order valence-electron chi connectivity index (χ0n) is 14.3. The fourth-order valence-corrected chi connectivity index (χ4v) is 4.08. The first-order valence-electron chi connectivity index (χ1n) is 8.38. The Balaban J connectivity index is 1.43. The Labute approximate surface area is 154 Å². The zero-order chi connectivity index (χ0) is 18.1. The Bertz CT molecular complexity index is 934. The van der Waals surface area contributed by atoms with Crippen LogP contribution in [0.2, 0.25) is 0 Å². The van der Waals surface area contributed by atoms with Crippen molar-refractivity contribution >= 4 is 32.6 Å². The number of hydrogen-bond donors (Lipinski definition) is 0. The van der Waals surface area contributed by atoms with Crippen LogP contribution in [-0.2, 0) is 0 Å². The largest absolute Gasteiger partial charge is 0.497 e. The summed E-state index contributed by atoms with van der Waals surface area (Å²) in [6.07, 6.45) is 0. The summed E-state index contributed by atoms with van der Waals surface area (Å²) >= 11 is 1.49. The molecule has 1 aliphatic heterocycles. The molecule has 0 radical (unpaired) electrons. The molecule has 134 valence electrons. The van der Waals surface area contributed by atoms with Gasteiger partial charge in [-0.2, -0.15) is 0 Å². The van der Waals surface area contributed by atoms with Gasteiger partial charge >= 0.3 is 0 Å². The molecular formula is C19H18FN3O2S. The molecule has 0 saturated carbocycles. The van der Waals surface area contributed by atoms with Crippen molar-refractivity contribution < 1.29 is 13.9 Å². The minimum Gasteiger partial charge on any atom is -0.497 e. The van der Waals surface area contributed by atoms with E-state index in [-0.39, 0.29) is 11.7 Å². The number of carbonyl (C=O) groups excluding carboxylic acids is 1. The molecule has 2 aromatic carbocycles. The van der Waals surface area contributed by atoms with Gasteiger partial charge in [-0.05, 0) is 42.5 Å². The van der Waals surface area contributed by atoms with Crippen molar-refractivity contribution in [1.29, 1.82) is 0 Å². The maximum Gasteiger partial charge on any atom is 0.253 e. The van der Waals surface area contributed by atoms with Gasteiger partial charge in [-0.15, -0.1) is 0 Å². The number of carbonyl (C=O) groups is 1. The lowest BCUT2D eigenvalue weighted by molar-refractivity contribution is 0.0746. The number of ether oxygens (including phenoxy) is 1. The monoisotopic (exact) mass is 371 g/mol. The van der Waals surface area contributed by atoms with Gasteiger partial charge in [-0.1, -0.05) is 11.3 Å². The number of amides is 1. The second-order valence-electron chi connectivity index (χ2n) is 6.12. The number of nitrogens with zero attached hydrogens (tertiary/aromatic N) is 3. The van der Waals surface area contributed by atoms with E-state index in [9.17, 15) is 9.18 Å². The summed E-state index contributed by atoms with van der Waals surface area (Å²) in [7, 11) is 1.60. The molecule has 0 atom stereocenters. The van der Waals surface area contributed by atoms with Gasteiger partial charge in [0, 0.05) is 31.7 Å². The maximum absolute atomic E-state index is 13.4. The molecule has 1 saturated heterocycles. The smallest absolute Gasteiger partial charge is 0.253 e. The molecule has 0 aliphatic carbocycles. The molecule has 0 bridgehead atoms. The highest BCUT2D eigenvalue weighted by atomic mass is 32.1. The van der Waals surface area contributed by atoms with Crippen LogP contribution in [-0.4, -0.2) is 49.1 Å². The lowest BCUT2D eigenvalue weighted by Crippen LogP contribution is -2.48. The van der Waals surface area contributed by atoms with E-state index in [1.165, 1.54) is 23.5 Å². The van der Waals surface area contributed by atoms with Gasteiger partial charge in [-0.3, -0.25) is 4.79 Å². The minimum absolute atomic E-state index is 0.0266. The summed E-state index contributed by atoms with van der Waals surface area (Å²) in [5.74, 6) is 0.514. The average Bonchev–Trinajstić information content (AvgIpc) is 3.11. The van der Waals surface area contributed by atoms with Gasteiger partial charge in [0.05, 0.1) is 17.3 Å². The second kappa shape index (κ2) is 6.92. The first kappa shape index (κ1) is 16.8. The average molecular weight is 371 g/mol. The Morgan fingerprint density at radius 2 is 1.85 bits per heavy atom. The van der Waals surface area contributed by atoms with Crippen molar-refractivity contribution in [1.82, 2.24) is 9.88 Å². The number of halogens is 1. The highest BCUT2D eigenvalue weighted by Crippen LogP contribution is 2.30. The van der Waals surface area contributed by atoms with E-state index in [1.54, 1.807) is 37.4 Å². The molecule has 4 rings (SSSR count). The molecule has 1 aliphatic rings. The van der Waals surface area contributed by atoms with E-state index in [0.29, 0.717) is 31.7 Å². The van der Waals surface area contributed by atoms with Gasteiger partial charge < -0.3 is 14.5 Å². The number of fused-ring (bicyclic) bond motifs is 1. The first-order chi connectivity index (χ1) is 12.6. The van der Waals surface area contributed by atoms with E-state index in [4.69, 9.17) is 4.74 Å².